The molecule has 0 N–H and O–H groups in total. The van der Waals surface area contributed by atoms with Gasteiger partial charge in [-0.05, 0) is 54.9 Å². The first kappa shape index (κ1) is 20.7. The topological polar surface area (TPSA) is 16.1 Å². The molecule has 2 aromatic heterocycles. The fraction of sp³-hybridized carbons (Fsp3) is 0.571. The summed E-state index contributed by atoms with van der Waals surface area (Å²) in [6, 6.07) is 4.30. The van der Waals surface area contributed by atoms with E-state index in [9.17, 15) is 0 Å². The number of aryl methyl sites for hydroxylation is 2. The van der Waals surface area contributed by atoms with E-state index in [1.807, 2.05) is 31.4 Å². The van der Waals surface area contributed by atoms with Crippen molar-refractivity contribution in [2.24, 2.45) is 0 Å². The van der Waals surface area contributed by atoms with Crippen molar-refractivity contribution in [3.8, 4) is 0 Å². The Morgan fingerprint density at radius 3 is 2.21 bits per heavy atom. The van der Waals surface area contributed by atoms with Crippen molar-refractivity contribution in [1.82, 2.24) is 4.98 Å². The molecule has 0 radical (unpaired) electrons. The maximum atomic E-state index is 4.62. The van der Waals surface area contributed by atoms with Crippen LogP contribution in [0.15, 0.2) is 18.3 Å². The van der Waals surface area contributed by atoms with E-state index in [2.05, 4.69) is 70.6 Å². The Bertz CT molecular complexity index is 639. The van der Waals surface area contributed by atoms with Crippen molar-refractivity contribution in [3.63, 3.8) is 0 Å². The van der Waals surface area contributed by atoms with Crippen molar-refractivity contribution >= 4 is 22.2 Å². The van der Waals surface area contributed by atoms with Crippen molar-refractivity contribution in [2.45, 2.75) is 73.6 Å². The fourth-order valence-electron chi connectivity index (χ4n) is 3.05. The molecule has 0 bridgehead atoms. The van der Waals surface area contributed by atoms with Crippen LogP contribution in [0.5, 0.6) is 0 Å². The fourth-order valence-corrected chi connectivity index (χ4v) is 4.36. The van der Waals surface area contributed by atoms with Crippen LogP contribution in [0.25, 0.3) is 0 Å². The number of aromatic nitrogens is 1. The van der Waals surface area contributed by atoms with E-state index in [-0.39, 0.29) is 5.41 Å². The van der Waals surface area contributed by atoms with Crippen LogP contribution in [-0.4, -0.2) is 12.0 Å². The highest BCUT2D eigenvalue weighted by atomic mass is 32.1. The van der Waals surface area contributed by atoms with Crippen LogP contribution >= 0.6 is 11.3 Å². The highest BCUT2D eigenvalue weighted by molar-refractivity contribution is 7.16. The molecule has 2 heterocycles. The van der Waals surface area contributed by atoms with Gasteiger partial charge in [0, 0.05) is 18.1 Å². The maximum absolute atomic E-state index is 4.62. The van der Waals surface area contributed by atoms with Crippen LogP contribution in [-0.2, 0) is 11.8 Å². The van der Waals surface area contributed by atoms with Gasteiger partial charge in [0.2, 0.25) is 0 Å². The zero-order chi connectivity index (χ0) is 18.5. The van der Waals surface area contributed by atoms with Gasteiger partial charge in [-0.3, -0.25) is 0 Å². The molecule has 2 nitrogen and oxygen atoms in total. The third-order valence-electron chi connectivity index (χ3n) is 4.72. The summed E-state index contributed by atoms with van der Waals surface area (Å²) in [4.78, 5) is 8.27. The maximum Gasteiger partial charge on any atom is 0.133 e. The van der Waals surface area contributed by atoms with Gasteiger partial charge in [0.05, 0.1) is 5.00 Å². The van der Waals surface area contributed by atoms with Gasteiger partial charge in [-0.2, -0.15) is 0 Å². The van der Waals surface area contributed by atoms with Crippen molar-refractivity contribution in [1.29, 1.82) is 0 Å². The lowest BCUT2D eigenvalue weighted by molar-refractivity contribution is 0.503. The first-order chi connectivity index (χ1) is 11.3. The molecule has 0 aromatic carbocycles. The molecule has 0 saturated heterocycles. The Kier molecular flexibility index (Phi) is 7.47. The third kappa shape index (κ3) is 4.18. The van der Waals surface area contributed by atoms with Crippen LogP contribution in [0.3, 0.4) is 0 Å². The quantitative estimate of drug-likeness (QED) is 0.591. The molecule has 0 amide bonds. The van der Waals surface area contributed by atoms with E-state index in [1.54, 1.807) is 0 Å². The summed E-state index contributed by atoms with van der Waals surface area (Å²) >= 11 is 1.88. The lowest BCUT2D eigenvalue weighted by atomic mass is 9.80. The average molecular weight is 347 g/mol. The van der Waals surface area contributed by atoms with Gasteiger partial charge in [-0.15, -0.1) is 11.3 Å². The van der Waals surface area contributed by atoms with Crippen LogP contribution in [0.4, 0.5) is 10.8 Å². The molecular weight excluding hydrogens is 312 g/mol. The zero-order valence-corrected chi connectivity index (χ0v) is 17.8. The Morgan fingerprint density at radius 2 is 1.75 bits per heavy atom. The van der Waals surface area contributed by atoms with Gasteiger partial charge in [0.15, 0.2) is 0 Å². The van der Waals surface area contributed by atoms with E-state index < -0.39 is 0 Å². The minimum atomic E-state index is 0.225. The molecule has 0 atom stereocenters. The molecule has 0 aliphatic heterocycles. The smallest absolute Gasteiger partial charge is 0.133 e. The van der Waals surface area contributed by atoms with Gasteiger partial charge < -0.3 is 4.90 Å². The molecule has 24 heavy (non-hydrogen) atoms. The molecule has 0 aliphatic rings. The minimum absolute atomic E-state index is 0.225. The molecule has 134 valence electrons. The Morgan fingerprint density at radius 1 is 1.12 bits per heavy atom. The normalized spacial score (nSPS) is 11.0. The minimum Gasteiger partial charge on any atom is -0.321 e. The summed E-state index contributed by atoms with van der Waals surface area (Å²) < 4.78 is 0. The number of thiophene rings is 1. The van der Waals surface area contributed by atoms with E-state index in [4.69, 9.17) is 0 Å². The monoisotopic (exact) mass is 346 g/mol. The Labute approximate surface area is 152 Å². The summed E-state index contributed by atoms with van der Waals surface area (Å²) in [5.41, 5.74) is 4.41. The standard InChI is InChI=1S/C19H28N2S.C2H6/c1-8-15-10-11-16(20-12-15)21(7)18-13(3)17(14(4)22-18)19(5,6)9-2;1-2/h10-12H,8-9H2,1-7H3;1-2H3. The first-order valence-corrected chi connectivity index (χ1v) is 9.92. The summed E-state index contributed by atoms with van der Waals surface area (Å²) in [7, 11) is 2.12. The van der Waals surface area contributed by atoms with Crippen LogP contribution in [0, 0.1) is 13.8 Å². The Hall–Kier alpha value is -1.35. The van der Waals surface area contributed by atoms with Gasteiger partial charge in [-0.1, -0.05) is 47.6 Å². The molecule has 2 aromatic rings. The molecule has 0 saturated carbocycles. The predicted molar refractivity (Wildman–Crippen MR) is 110 cm³/mol. The summed E-state index contributed by atoms with van der Waals surface area (Å²) in [5, 5.41) is 1.31. The molecule has 0 fully saturated rings. The van der Waals surface area contributed by atoms with E-state index in [1.165, 1.54) is 26.6 Å². The molecular formula is C21H34N2S. The third-order valence-corrected chi connectivity index (χ3v) is 6.01. The van der Waals surface area contributed by atoms with Crippen molar-refractivity contribution < 1.29 is 0 Å². The summed E-state index contributed by atoms with van der Waals surface area (Å²) in [6.45, 7) is 17.6. The highest BCUT2D eigenvalue weighted by Gasteiger charge is 2.27. The van der Waals surface area contributed by atoms with E-state index in [0.717, 1.165) is 18.7 Å². The van der Waals surface area contributed by atoms with Gasteiger partial charge >= 0.3 is 0 Å². The largest absolute Gasteiger partial charge is 0.321 e. The van der Waals surface area contributed by atoms with Crippen LogP contribution in [0.1, 0.15) is 69.5 Å². The molecule has 0 unspecified atom stereocenters. The van der Waals surface area contributed by atoms with Gasteiger partial charge in [0.1, 0.15) is 5.82 Å². The second kappa shape index (κ2) is 8.66. The zero-order valence-electron chi connectivity index (χ0n) is 16.9. The van der Waals surface area contributed by atoms with Crippen LogP contribution < -0.4 is 4.90 Å². The van der Waals surface area contributed by atoms with Crippen LogP contribution in [0.2, 0.25) is 0 Å². The Balaban J connectivity index is 0.00000139. The number of nitrogens with zero attached hydrogens (tertiary/aromatic N) is 2. The molecule has 2 rings (SSSR count). The number of pyridine rings is 1. The predicted octanol–water partition coefficient (Wildman–Crippen LogP) is 6.80. The number of hydrogen-bond donors (Lipinski definition) is 0. The molecule has 0 spiro atoms. The lowest BCUT2D eigenvalue weighted by Gasteiger charge is -2.25. The molecule has 0 aliphatic carbocycles. The number of rotatable bonds is 5. The lowest BCUT2D eigenvalue weighted by Crippen LogP contribution is -2.18. The van der Waals surface area contributed by atoms with Crippen molar-refractivity contribution in [3.05, 3.63) is 39.9 Å². The number of hydrogen-bond acceptors (Lipinski definition) is 3. The first-order valence-electron chi connectivity index (χ1n) is 9.11. The second-order valence-corrected chi connectivity index (χ2v) is 7.84. The SMILES string of the molecule is CC.CCc1ccc(N(C)c2sc(C)c(C(C)(C)CC)c2C)nc1. The van der Waals surface area contributed by atoms with E-state index >= 15 is 0 Å². The van der Waals surface area contributed by atoms with Gasteiger partial charge in [-0.25, -0.2) is 4.98 Å². The summed E-state index contributed by atoms with van der Waals surface area (Å²) in [5.74, 6) is 1.02. The average Bonchev–Trinajstić information content (AvgIpc) is 2.91. The second-order valence-electron chi connectivity index (χ2n) is 6.64. The molecule has 3 heteroatoms. The van der Waals surface area contributed by atoms with Crippen molar-refractivity contribution in [2.75, 3.05) is 11.9 Å². The van der Waals surface area contributed by atoms with E-state index in [0.29, 0.717) is 0 Å². The summed E-state index contributed by atoms with van der Waals surface area (Å²) in [6.07, 6.45) is 4.17. The van der Waals surface area contributed by atoms with Gasteiger partial charge in [0.25, 0.3) is 0 Å². The number of anilines is 2. The highest BCUT2D eigenvalue weighted by Crippen LogP contribution is 2.43.